The Kier molecular flexibility index (Phi) is 10.8. The van der Waals surface area contributed by atoms with E-state index in [9.17, 15) is 15.0 Å². The molecule has 0 saturated carbocycles. The van der Waals surface area contributed by atoms with Crippen LogP contribution in [0.2, 0.25) is 0 Å². The quantitative estimate of drug-likeness (QED) is 0.162. The van der Waals surface area contributed by atoms with Crippen LogP contribution in [0.15, 0.2) is 24.3 Å². The normalized spacial score (nSPS) is 14.5. The van der Waals surface area contributed by atoms with Crippen LogP contribution >= 0.6 is 0 Å². The highest BCUT2D eigenvalue weighted by atomic mass is 16.3. The number of allylic oxidation sites excluding steroid dienone is 2. The lowest BCUT2D eigenvalue weighted by Gasteiger charge is -2.39. The smallest absolute Gasteiger partial charge is 0.169 e. The average molecular weight is 489 g/mol. The van der Waals surface area contributed by atoms with Crippen molar-refractivity contribution in [3.63, 3.8) is 0 Å². The van der Waals surface area contributed by atoms with E-state index in [0.29, 0.717) is 17.7 Å². The second kappa shape index (κ2) is 12.1. The number of carbonyl (C=O) groups is 1. The van der Waals surface area contributed by atoms with Crippen molar-refractivity contribution in [2.45, 2.75) is 125 Å². The van der Waals surface area contributed by atoms with Gasteiger partial charge in [0.25, 0.3) is 0 Å². The fourth-order valence-electron chi connectivity index (χ4n) is 4.24. The number of benzene rings is 1. The molecule has 3 N–H and O–H groups in total. The fourth-order valence-corrected chi connectivity index (χ4v) is 4.24. The van der Waals surface area contributed by atoms with Crippen molar-refractivity contribution in [2.24, 2.45) is 10.8 Å². The van der Waals surface area contributed by atoms with Gasteiger partial charge in [-0.25, -0.2) is 0 Å². The largest absolute Gasteiger partial charge is 0.507 e. The lowest BCUT2D eigenvalue weighted by molar-refractivity contribution is 0.0680. The summed E-state index contributed by atoms with van der Waals surface area (Å²) in [5, 5.41) is 29.3. The van der Waals surface area contributed by atoms with E-state index in [4.69, 9.17) is 5.11 Å². The Bertz CT molecular complexity index is 828. The van der Waals surface area contributed by atoms with E-state index in [1.165, 1.54) is 0 Å². The summed E-state index contributed by atoms with van der Waals surface area (Å²) in [7, 11) is 0. The molecule has 0 heterocycles. The third kappa shape index (κ3) is 8.46. The summed E-state index contributed by atoms with van der Waals surface area (Å²) < 4.78 is 0. The van der Waals surface area contributed by atoms with E-state index in [-0.39, 0.29) is 28.6 Å². The van der Waals surface area contributed by atoms with E-state index in [2.05, 4.69) is 67.5 Å². The summed E-state index contributed by atoms with van der Waals surface area (Å²) in [6, 6.07) is 3.78. The van der Waals surface area contributed by atoms with Gasteiger partial charge in [-0.1, -0.05) is 101 Å². The summed E-state index contributed by atoms with van der Waals surface area (Å²) in [6.45, 7) is 20.5. The van der Waals surface area contributed by atoms with Crippen molar-refractivity contribution in [3.8, 4) is 5.75 Å². The maximum Gasteiger partial charge on any atom is 0.169 e. The maximum atomic E-state index is 13.9. The molecule has 0 bridgehead atoms. The van der Waals surface area contributed by atoms with Crippen LogP contribution in [0.5, 0.6) is 5.75 Å². The summed E-state index contributed by atoms with van der Waals surface area (Å²) >= 11 is 0. The zero-order chi connectivity index (χ0) is 27.2. The Morgan fingerprint density at radius 1 is 0.857 bits per heavy atom. The molecule has 0 aliphatic heterocycles. The minimum Gasteiger partial charge on any atom is -0.507 e. The van der Waals surface area contributed by atoms with Gasteiger partial charge in [-0.05, 0) is 47.6 Å². The number of hydrogen-bond acceptors (Lipinski definition) is 4. The van der Waals surface area contributed by atoms with E-state index < -0.39 is 11.5 Å². The molecule has 1 unspecified atom stereocenters. The Balaban J connectivity index is 3.04. The number of phenols is 1. The predicted molar refractivity (Wildman–Crippen MR) is 147 cm³/mol. The number of aliphatic hydroxyl groups is 2. The third-order valence-corrected chi connectivity index (χ3v) is 7.57. The van der Waals surface area contributed by atoms with Gasteiger partial charge >= 0.3 is 0 Å². The SMILES string of the molecule is CC(C)(C)c1cc(C(=O)C(C)(C)C(C)(C)/C=C/CCCCCCC(O)CO)cc(C(C)(C)C)c1O. The Hall–Kier alpha value is -1.65. The van der Waals surface area contributed by atoms with Gasteiger partial charge in [0.05, 0.1) is 12.7 Å². The highest BCUT2D eigenvalue weighted by molar-refractivity contribution is 6.01. The van der Waals surface area contributed by atoms with Crippen molar-refractivity contribution in [3.05, 3.63) is 41.0 Å². The van der Waals surface area contributed by atoms with E-state index in [1.54, 1.807) is 0 Å². The molecule has 0 fully saturated rings. The zero-order valence-electron chi connectivity index (χ0n) is 24.1. The summed E-state index contributed by atoms with van der Waals surface area (Å²) in [4.78, 5) is 13.9. The first-order chi connectivity index (χ1) is 15.9. The first-order valence-corrected chi connectivity index (χ1v) is 13.3. The molecule has 0 aromatic heterocycles. The Morgan fingerprint density at radius 3 is 1.80 bits per heavy atom. The molecule has 1 atom stereocenters. The van der Waals surface area contributed by atoms with Crippen molar-refractivity contribution >= 4 is 5.78 Å². The maximum absolute atomic E-state index is 13.9. The number of aliphatic hydroxyl groups excluding tert-OH is 2. The number of hydrogen-bond donors (Lipinski definition) is 3. The first-order valence-electron chi connectivity index (χ1n) is 13.3. The van der Waals surface area contributed by atoms with Crippen molar-refractivity contribution < 1.29 is 20.1 Å². The summed E-state index contributed by atoms with van der Waals surface area (Å²) in [6.07, 6.45) is 9.51. The first kappa shape index (κ1) is 31.4. The Labute approximate surface area is 214 Å². The summed E-state index contributed by atoms with van der Waals surface area (Å²) in [5.74, 6) is 0.384. The molecule has 0 saturated heterocycles. The highest BCUT2D eigenvalue weighted by Gasteiger charge is 2.42. The molecular weight excluding hydrogens is 436 g/mol. The van der Waals surface area contributed by atoms with Crippen LogP contribution in [-0.2, 0) is 10.8 Å². The van der Waals surface area contributed by atoms with E-state index in [0.717, 1.165) is 43.2 Å². The molecule has 4 heteroatoms. The van der Waals surface area contributed by atoms with Crippen molar-refractivity contribution in [1.82, 2.24) is 0 Å². The lowest BCUT2D eigenvalue weighted by atomic mass is 9.63. The minimum absolute atomic E-state index is 0.0885. The number of phenolic OH excluding ortho intramolecular Hbond substituents is 1. The fraction of sp³-hybridized carbons (Fsp3) is 0.710. The van der Waals surface area contributed by atoms with Crippen molar-refractivity contribution in [2.75, 3.05) is 6.61 Å². The van der Waals surface area contributed by atoms with Crippen LogP contribution in [0.4, 0.5) is 0 Å². The van der Waals surface area contributed by atoms with Crippen LogP contribution in [-0.4, -0.2) is 33.8 Å². The van der Waals surface area contributed by atoms with Gasteiger partial charge in [0.15, 0.2) is 5.78 Å². The molecule has 0 aliphatic carbocycles. The molecule has 0 spiro atoms. The van der Waals surface area contributed by atoms with Crippen LogP contribution < -0.4 is 0 Å². The highest BCUT2D eigenvalue weighted by Crippen LogP contribution is 2.45. The summed E-state index contributed by atoms with van der Waals surface area (Å²) in [5.41, 5.74) is 0.733. The molecule has 0 radical (unpaired) electrons. The topological polar surface area (TPSA) is 77.8 Å². The molecule has 200 valence electrons. The van der Waals surface area contributed by atoms with E-state index in [1.807, 2.05) is 26.0 Å². The van der Waals surface area contributed by atoms with Gasteiger partial charge in [0.1, 0.15) is 5.75 Å². The second-order valence-corrected chi connectivity index (χ2v) is 13.3. The molecule has 1 aromatic carbocycles. The van der Waals surface area contributed by atoms with Crippen LogP contribution in [0.25, 0.3) is 0 Å². The predicted octanol–water partition coefficient (Wildman–Crippen LogP) is 7.47. The van der Waals surface area contributed by atoms with Crippen LogP contribution in [0.1, 0.15) is 129 Å². The lowest BCUT2D eigenvalue weighted by Crippen LogP contribution is -2.38. The zero-order valence-corrected chi connectivity index (χ0v) is 24.1. The molecule has 4 nitrogen and oxygen atoms in total. The number of carbonyl (C=O) groups excluding carboxylic acids is 1. The van der Waals surface area contributed by atoms with Gasteiger partial charge < -0.3 is 15.3 Å². The number of rotatable bonds is 12. The van der Waals surface area contributed by atoms with Gasteiger partial charge in [0.2, 0.25) is 0 Å². The Morgan fingerprint density at radius 2 is 1.34 bits per heavy atom. The molecular formula is C31H52O4. The van der Waals surface area contributed by atoms with Crippen LogP contribution in [0.3, 0.4) is 0 Å². The molecule has 1 rings (SSSR count). The van der Waals surface area contributed by atoms with E-state index >= 15 is 0 Å². The van der Waals surface area contributed by atoms with Gasteiger partial charge in [-0.15, -0.1) is 0 Å². The molecule has 0 aliphatic rings. The molecule has 35 heavy (non-hydrogen) atoms. The van der Waals surface area contributed by atoms with Crippen LogP contribution in [0, 0.1) is 10.8 Å². The number of ketones is 1. The third-order valence-electron chi connectivity index (χ3n) is 7.57. The van der Waals surface area contributed by atoms with Gasteiger partial charge in [-0.2, -0.15) is 0 Å². The standard InChI is InChI=1S/C31H52O4/c1-28(2,3)24-19-22(20-25(26(24)34)29(4,5)6)27(35)31(9,10)30(7,8)18-16-14-12-11-13-15-17-23(33)21-32/h16,18-20,23,32-34H,11-15,17,21H2,1-10H3/b18-16+. The monoisotopic (exact) mass is 488 g/mol. The number of Topliss-reactive ketones (excluding diaryl/α,β-unsaturated/α-hetero) is 1. The second-order valence-electron chi connectivity index (χ2n) is 13.3. The van der Waals surface area contributed by atoms with Gasteiger partial charge in [-0.3, -0.25) is 4.79 Å². The number of aromatic hydroxyl groups is 1. The average Bonchev–Trinajstić information content (AvgIpc) is 2.73. The van der Waals surface area contributed by atoms with Gasteiger partial charge in [0, 0.05) is 22.1 Å². The minimum atomic E-state index is -0.634. The number of unbranched alkanes of at least 4 members (excludes halogenated alkanes) is 4. The molecule has 1 aromatic rings. The van der Waals surface area contributed by atoms with Crippen molar-refractivity contribution in [1.29, 1.82) is 0 Å². The molecule has 0 amide bonds.